The molecule has 0 spiro atoms. The van der Waals surface area contributed by atoms with Gasteiger partial charge in [-0.05, 0) is 42.4 Å². The molecule has 1 aromatic heterocycles. The molecule has 3 nitrogen and oxygen atoms in total. The van der Waals surface area contributed by atoms with E-state index in [9.17, 15) is 4.79 Å². The van der Waals surface area contributed by atoms with E-state index in [1.807, 2.05) is 11.8 Å². The Bertz CT molecular complexity index is 394. The zero-order valence-electron chi connectivity index (χ0n) is 9.49. The average molecular weight is 271 g/mol. The molecule has 0 saturated carbocycles. The van der Waals surface area contributed by atoms with Gasteiger partial charge in [0.1, 0.15) is 5.15 Å². The van der Waals surface area contributed by atoms with Crippen molar-refractivity contribution in [2.75, 3.05) is 18.1 Å². The molecule has 92 valence electrons. The van der Waals surface area contributed by atoms with Gasteiger partial charge in [-0.1, -0.05) is 11.6 Å². The number of carbonyl (C=O) groups excluding carboxylic acids is 1. The zero-order valence-corrected chi connectivity index (χ0v) is 11.1. The molecule has 0 atom stereocenters. The predicted octanol–water partition coefficient (Wildman–Crippen LogP) is 2.61. The van der Waals surface area contributed by atoms with E-state index in [1.54, 1.807) is 18.3 Å². The number of rotatable bonds is 3. The van der Waals surface area contributed by atoms with Gasteiger partial charge >= 0.3 is 0 Å². The van der Waals surface area contributed by atoms with Gasteiger partial charge < -0.3 is 5.32 Å². The lowest BCUT2D eigenvalue weighted by atomic mass is 10.0. The molecule has 1 fully saturated rings. The SMILES string of the molecule is O=C(NCC1CCSCC1)c1ccnc(Cl)c1. The van der Waals surface area contributed by atoms with E-state index in [-0.39, 0.29) is 5.91 Å². The van der Waals surface area contributed by atoms with E-state index >= 15 is 0 Å². The molecule has 1 N–H and O–H groups in total. The van der Waals surface area contributed by atoms with E-state index < -0.39 is 0 Å². The molecule has 0 unspecified atom stereocenters. The number of pyridine rings is 1. The van der Waals surface area contributed by atoms with Crippen LogP contribution in [0.2, 0.25) is 5.15 Å². The molecule has 1 aliphatic rings. The summed E-state index contributed by atoms with van der Waals surface area (Å²) in [6.07, 6.45) is 3.94. The standard InChI is InChI=1S/C12H15ClN2OS/c13-11-7-10(1-4-14-11)12(16)15-8-9-2-5-17-6-3-9/h1,4,7,9H,2-3,5-6,8H2,(H,15,16). The van der Waals surface area contributed by atoms with Crippen LogP contribution in [0, 0.1) is 5.92 Å². The summed E-state index contributed by atoms with van der Waals surface area (Å²) < 4.78 is 0. The maximum atomic E-state index is 11.8. The van der Waals surface area contributed by atoms with Crippen molar-refractivity contribution < 1.29 is 4.79 Å². The van der Waals surface area contributed by atoms with Gasteiger partial charge in [-0.2, -0.15) is 11.8 Å². The van der Waals surface area contributed by atoms with Gasteiger partial charge in [0.2, 0.25) is 0 Å². The summed E-state index contributed by atoms with van der Waals surface area (Å²) in [5.74, 6) is 2.98. The van der Waals surface area contributed by atoms with Gasteiger partial charge in [-0.3, -0.25) is 4.79 Å². The molecule has 0 aliphatic carbocycles. The maximum Gasteiger partial charge on any atom is 0.251 e. The zero-order chi connectivity index (χ0) is 12.1. The topological polar surface area (TPSA) is 42.0 Å². The Labute approximate surface area is 110 Å². The normalized spacial score (nSPS) is 16.8. The van der Waals surface area contributed by atoms with Crippen molar-refractivity contribution >= 4 is 29.3 Å². The summed E-state index contributed by atoms with van der Waals surface area (Å²) in [4.78, 5) is 15.7. The third-order valence-corrected chi connectivity index (χ3v) is 4.14. The third-order valence-electron chi connectivity index (χ3n) is 2.88. The Balaban J connectivity index is 1.84. The Kier molecular flexibility index (Phi) is 4.68. The van der Waals surface area contributed by atoms with Crippen molar-refractivity contribution in [3.8, 4) is 0 Å². The number of halogens is 1. The summed E-state index contributed by atoms with van der Waals surface area (Å²) >= 11 is 7.74. The van der Waals surface area contributed by atoms with E-state index in [0.29, 0.717) is 16.6 Å². The first-order valence-corrected chi connectivity index (χ1v) is 7.26. The Hall–Kier alpha value is -0.740. The number of thioether (sulfide) groups is 1. The molecule has 5 heteroatoms. The van der Waals surface area contributed by atoms with Crippen molar-refractivity contribution in [1.82, 2.24) is 10.3 Å². The van der Waals surface area contributed by atoms with Crippen LogP contribution in [0.15, 0.2) is 18.3 Å². The molecule has 1 saturated heterocycles. The van der Waals surface area contributed by atoms with Crippen LogP contribution in [0.1, 0.15) is 23.2 Å². The second-order valence-electron chi connectivity index (χ2n) is 4.13. The highest BCUT2D eigenvalue weighted by atomic mass is 35.5. The molecule has 0 radical (unpaired) electrons. The Morgan fingerprint density at radius 1 is 1.53 bits per heavy atom. The number of hydrogen-bond donors (Lipinski definition) is 1. The highest BCUT2D eigenvalue weighted by Gasteiger charge is 2.15. The van der Waals surface area contributed by atoms with Crippen molar-refractivity contribution in [3.63, 3.8) is 0 Å². The maximum absolute atomic E-state index is 11.8. The van der Waals surface area contributed by atoms with Gasteiger partial charge in [0, 0.05) is 18.3 Å². The third kappa shape index (κ3) is 3.89. The lowest BCUT2D eigenvalue weighted by molar-refractivity contribution is 0.0946. The molecule has 2 rings (SSSR count). The van der Waals surface area contributed by atoms with E-state index in [0.717, 1.165) is 6.54 Å². The first kappa shape index (κ1) is 12.7. The van der Waals surface area contributed by atoms with Crippen molar-refractivity contribution in [3.05, 3.63) is 29.0 Å². The fourth-order valence-corrected chi connectivity index (χ4v) is 3.21. The van der Waals surface area contributed by atoms with Crippen LogP contribution in [0.4, 0.5) is 0 Å². The quantitative estimate of drug-likeness (QED) is 0.859. The monoisotopic (exact) mass is 270 g/mol. The van der Waals surface area contributed by atoms with Crippen LogP contribution >= 0.6 is 23.4 Å². The highest BCUT2D eigenvalue weighted by molar-refractivity contribution is 7.99. The lowest BCUT2D eigenvalue weighted by Gasteiger charge is -2.21. The van der Waals surface area contributed by atoms with E-state index in [4.69, 9.17) is 11.6 Å². The first-order chi connectivity index (χ1) is 8.25. The second kappa shape index (κ2) is 6.26. The number of amides is 1. The summed E-state index contributed by atoms with van der Waals surface area (Å²) in [7, 11) is 0. The van der Waals surface area contributed by atoms with Gasteiger partial charge in [0.05, 0.1) is 0 Å². The molecular weight excluding hydrogens is 256 g/mol. The fraction of sp³-hybridized carbons (Fsp3) is 0.500. The summed E-state index contributed by atoms with van der Waals surface area (Å²) in [6, 6.07) is 3.27. The molecule has 1 amide bonds. The fourth-order valence-electron chi connectivity index (χ4n) is 1.83. The minimum absolute atomic E-state index is 0.0625. The molecule has 2 heterocycles. The Morgan fingerprint density at radius 2 is 2.29 bits per heavy atom. The Morgan fingerprint density at radius 3 is 3.00 bits per heavy atom. The molecule has 1 aliphatic heterocycles. The summed E-state index contributed by atoms with van der Waals surface area (Å²) in [5.41, 5.74) is 0.579. The molecule has 0 aromatic carbocycles. The van der Waals surface area contributed by atoms with Crippen molar-refractivity contribution in [2.24, 2.45) is 5.92 Å². The van der Waals surface area contributed by atoms with E-state index in [2.05, 4.69) is 10.3 Å². The van der Waals surface area contributed by atoms with Gasteiger partial charge in [0.15, 0.2) is 0 Å². The summed E-state index contributed by atoms with van der Waals surface area (Å²) in [5, 5.41) is 3.31. The minimum Gasteiger partial charge on any atom is -0.352 e. The van der Waals surface area contributed by atoms with Crippen LogP contribution in [-0.4, -0.2) is 28.9 Å². The smallest absolute Gasteiger partial charge is 0.251 e. The van der Waals surface area contributed by atoms with Crippen molar-refractivity contribution in [1.29, 1.82) is 0 Å². The number of aromatic nitrogens is 1. The van der Waals surface area contributed by atoms with Gasteiger partial charge in [-0.15, -0.1) is 0 Å². The minimum atomic E-state index is -0.0625. The van der Waals surface area contributed by atoms with Gasteiger partial charge in [-0.25, -0.2) is 4.98 Å². The van der Waals surface area contributed by atoms with Crippen LogP contribution in [0.3, 0.4) is 0 Å². The van der Waals surface area contributed by atoms with Gasteiger partial charge in [0.25, 0.3) is 5.91 Å². The lowest BCUT2D eigenvalue weighted by Crippen LogP contribution is -2.30. The van der Waals surface area contributed by atoms with Crippen molar-refractivity contribution in [2.45, 2.75) is 12.8 Å². The number of carbonyl (C=O) groups is 1. The van der Waals surface area contributed by atoms with E-state index in [1.165, 1.54) is 24.3 Å². The van der Waals surface area contributed by atoms with Crippen LogP contribution < -0.4 is 5.32 Å². The van der Waals surface area contributed by atoms with Crippen LogP contribution in [0.5, 0.6) is 0 Å². The highest BCUT2D eigenvalue weighted by Crippen LogP contribution is 2.21. The number of hydrogen-bond acceptors (Lipinski definition) is 3. The molecular formula is C12H15ClN2OS. The summed E-state index contributed by atoms with van der Waals surface area (Å²) in [6.45, 7) is 0.763. The van der Waals surface area contributed by atoms with Crippen LogP contribution in [0.25, 0.3) is 0 Å². The second-order valence-corrected chi connectivity index (χ2v) is 5.75. The first-order valence-electron chi connectivity index (χ1n) is 5.73. The molecule has 1 aromatic rings. The average Bonchev–Trinajstić information content (AvgIpc) is 2.37. The van der Waals surface area contributed by atoms with Crippen LogP contribution in [-0.2, 0) is 0 Å². The number of nitrogens with zero attached hydrogens (tertiary/aromatic N) is 1. The largest absolute Gasteiger partial charge is 0.352 e. The molecule has 17 heavy (non-hydrogen) atoms. The molecule has 0 bridgehead atoms. The number of nitrogens with one attached hydrogen (secondary N) is 1. The predicted molar refractivity (Wildman–Crippen MR) is 71.6 cm³/mol.